The Morgan fingerprint density at radius 3 is 2.68 bits per heavy atom. The SMILES string of the molecule is C[C@H]1C[C@H](C)CN(CCCNC(=O)COc2cc(=O)n(C)c3ccccc23)C1. The van der Waals surface area contributed by atoms with E-state index >= 15 is 0 Å². The number of nitrogens with one attached hydrogen (secondary N) is 1. The van der Waals surface area contributed by atoms with Gasteiger partial charge < -0.3 is 19.5 Å². The lowest BCUT2D eigenvalue weighted by Crippen LogP contribution is -2.40. The van der Waals surface area contributed by atoms with Gasteiger partial charge in [-0.05, 0) is 43.4 Å². The Hall–Kier alpha value is -2.34. The summed E-state index contributed by atoms with van der Waals surface area (Å²) in [5.41, 5.74) is 0.634. The summed E-state index contributed by atoms with van der Waals surface area (Å²) in [7, 11) is 1.73. The maximum absolute atomic E-state index is 12.1. The molecule has 6 nitrogen and oxygen atoms in total. The van der Waals surface area contributed by atoms with Crippen molar-refractivity contribution < 1.29 is 9.53 Å². The van der Waals surface area contributed by atoms with E-state index in [0.717, 1.165) is 48.8 Å². The second kappa shape index (κ2) is 9.24. The molecular weight excluding hydrogens is 354 g/mol. The molecule has 0 unspecified atom stereocenters. The number of carbonyl (C=O) groups excluding carboxylic acids is 1. The second-order valence-corrected chi connectivity index (χ2v) is 8.12. The summed E-state index contributed by atoms with van der Waals surface area (Å²) in [5.74, 6) is 1.79. The summed E-state index contributed by atoms with van der Waals surface area (Å²) in [6.45, 7) is 8.47. The molecule has 1 aromatic carbocycles. The minimum absolute atomic E-state index is 0.0883. The van der Waals surface area contributed by atoms with Crippen molar-refractivity contribution in [2.75, 3.05) is 32.8 Å². The van der Waals surface area contributed by atoms with Gasteiger partial charge in [-0.15, -0.1) is 0 Å². The summed E-state index contributed by atoms with van der Waals surface area (Å²) in [6.07, 6.45) is 2.24. The van der Waals surface area contributed by atoms with E-state index in [1.807, 2.05) is 24.3 Å². The van der Waals surface area contributed by atoms with E-state index in [1.165, 1.54) is 12.5 Å². The van der Waals surface area contributed by atoms with Gasteiger partial charge in [0.2, 0.25) is 0 Å². The quantitative estimate of drug-likeness (QED) is 0.744. The van der Waals surface area contributed by atoms with E-state index in [2.05, 4.69) is 24.1 Å². The van der Waals surface area contributed by atoms with Crippen molar-refractivity contribution >= 4 is 16.8 Å². The smallest absolute Gasteiger partial charge is 0.257 e. The second-order valence-electron chi connectivity index (χ2n) is 8.12. The fourth-order valence-corrected chi connectivity index (χ4v) is 4.20. The van der Waals surface area contributed by atoms with Crippen molar-refractivity contribution in [3.8, 4) is 5.75 Å². The standard InChI is InChI=1S/C22H31N3O3/c1-16-11-17(2)14-25(13-16)10-6-9-23-21(26)15-28-20-12-22(27)24(3)19-8-5-4-7-18(19)20/h4-5,7-8,12,16-17H,6,9-11,13-15H2,1-3H3,(H,23,26)/t16-,17-/m0/s1. The van der Waals surface area contributed by atoms with Crippen LogP contribution in [0.3, 0.4) is 0 Å². The normalized spacial score (nSPS) is 20.2. The molecule has 28 heavy (non-hydrogen) atoms. The number of rotatable bonds is 7. The van der Waals surface area contributed by atoms with Crippen LogP contribution in [0.1, 0.15) is 26.7 Å². The van der Waals surface area contributed by atoms with Gasteiger partial charge in [-0.2, -0.15) is 0 Å². The Morgan fingerprint density at radius 1 is 1.21 bits per heavy atom. The molecule has 2 heterocycles. The van der Waals surface area contributed by atoms with Crippen LogP contribution in [0.25, 0.3) is 10.9 Å². The Labute approximate surface area is 166 Å². The fourth-order valence-electron chi connectivity index (χ4n) is 4.20. The molecule has 2 atom stereocenters. The molecule has 0 radical (unpaired) electrons. The number of hydrogen-bond donors (Lipinski definition) is 1. The number of fused-ring (bicyclic) bond motifs is 1. The topological polar surface area (TPSA) is 63.6 Å². The van der Waals surface area contributed by atoms with Crippen LogP contribution in [0, 0.1) is 11.8 Å². The lowest BCUT2D eigenvalue weighted by molar-refractivity contribution is -0.123. The molecule has 1 fully saturated rings. The third kappa shape index (κ3) is 5.13. The third-order valence-electron chi connectivity index (χ3n) is 5.39. The molecule has 1 aliphatic heterocycles. The van der Waals surface area contributed by atoms with E-state index in [4.69, 9.17) is 4.74 Å². The first kappa shape index (κ1) is 20.4. The zero-order chi connectivity index (χ0) is 20.1. The minimum Gasteiger partial charge on any atom is -0.483 e. The number of nitrogens with zero attached hydrogens (tertiary/aromatic N) is 2. The van der Waals surface area contributed by atoms with Crippen molar-refractivity contribution in [2.45, 2.75) is 26.7 Å². The lowest BCUT2D eigenvalue weighted by Gasteiger charge is -2.34. The van der Waals surface area contributed by atoms with Crippen LogP contribution in [0.5, 0.6) is 5.75 Å². The van der Waals surface area contributed by atoms with Crippen molar-refractivity contribution in [3.63, 3.8) is 0 Å². The lowest BCUT2D eigenvalue weighted by atomic mass is 9.92. The van der Waals surface area contributed by atoms with E-state index in [-0.39, 0.29) is 18.1 Å². The van der Waals surface area contributed by atoms with Crippen LogP contribution in [-0.2, 0) is 11.8 Å². The first-order chi connectivity index (χ1) is 13.4. The van der Waals surface area contributed by atoms with Crippen LogP contribution >= 0.6 is 0 Å². The Balaban J connectivity index is 1.46. The largest absolute Gasteiger partial charge is 0.483 e. The van der Waals surface area contributed by atoms with E-state index < -0.39 is 0 Å². The molecule has 0 saturated carbocycles. The van der Waals surface area contributed by atoms with Crippen LogP contribution in [0.15, 0.2) is 35.1 Å². The van der Waals surface area contributed by atoms with Gasteiger partial charge in [-0.3, -0.25) is 9.59 Å². The van der Waals surface area contributed by atoms with Crippen molar-refractivity contribution in [1.29, 1.82) is 0 Å². The molecular formula is C22H31N3O3. The maximum atomic E-state index is 12.1. The molecule has 3 rings (SSSR count). The highest BCUT2D eigenvalue weighted by Gasteiger charge is 2.21. The number of piperidine rings is 1. The van der Waals surface area contributed by atoms with Crippen molar-refractivity contribution in [3.05, 3.63) is 40.7 Å². The number of aromatic nitrogens is 1. The molecule has 6 heteroatoms. The van der Waals surface area contributed by atoms with Gasteiger partial charge in [0, 0.05) is 38.1 Å². The zero-order valence-corrected chi connectivity index (χ0v) is 17.1. The molecule has 152 valence electrons. The highest BCUT2D eigenvalue weighted by molar-refractivity contribution is 5.86. The van der Waals surface area contributed by atoms with E-state index in [1.54, 1.807) is 11.6 Å². The molecule has 0 aliphatic carbocycles. The number of aryl methyl sites for hydroxylation is 1. The molecule has 1 aromatic heterocycles. The third-order valence-corrected chi connectivity index (χ3v) is 5.39. The van der Waals surface area contributed by atoms with Crippen molar-refractivity contribution in [2.24, 2.45) is 18.9 Å². The van der Waals surface area contributed by atoms with Gasteiger partial charge >= 0.3 is 0 Å². The number of pyridine rings is 1. The van der Waals surface area contributed by atoms with Crippen molar-refractivity contribution in [1.82, 2.24) is 14.8 Å². The maximum Gasteiger partial charge on any atom is 0.257 e. The van der Waals surface area contributed by atoms with Crippen LogP contribution < -0.4 is 15.6 Å². The molecule has 0 spiro atoms. The van der Waals surface area contributed by atoms with Crippen LogP contribution in [-0.4, -0.2) is 48.2 Å². The van der Waals surface area contributed by atoms with Gasteiger partial charge in [0.05, 0.1) is 5.52 Å². The molecule has 2 aromatic rings. The number of likely N-dealkylation sites (tertiary alicyclic amines) is 1. The number of benzene rings is 1. The molecule has 0 bridgehead atoms. The predicted octanol–water partition coefficient (Wildman–Crippen LogP) is 2.40. The Morgan fingerprint density at radius 2 is 1.93 bits per heavy atom. The highest BCUT2D eigenvalue weighted by atomic mass is 16.5. The summed E-state index contributed by atoms with van der Waals surface area (Å²) < 4.78 is 7.23. The first-order valence-electron chi connectivity index (χ1n) is 10.1. The number of ether oxygens (including phenoxy) is 1. The van der Waals surface area contributed by atoms with Gasteiger partial charge in [0.15, 0.2) is 6.61 Å². The number of carbonyl (C=O) groups is 1. The predicted molar refractivity (Wildman–Crippen MR) is 112 cm³/mol. The summed E-state index contributed by atoms with van der Waals surface area (Å²) in [6, 6.07) is 8.97. The first-order valence-corrected chi connectivity index (χ1v) is 10.1. The average molecular weight is 386 g/mol. The number of amides is 1. The summed E-state index contributed by atoms with van der Waals surface area (Å²) >= 11 is 0. The van der Waals surface area contributed by atoms with Gasteiger partial charge in [0.1, 0.15) is 5.75 Å². The van der Waals surface area contributed by atoms with E-state index in [0.29, 0.717) is 12.3 Å². The van der Waals surface area contributed by atoms with Crippen LogP contribution in [0.2, 0.25) is 0 Å². The van der Waals surface area contributed by atoms with Gasteiger partial charge in [-0.1, -0.05) is 26.0 Å². The summed E-state index contributed by atoms with van der Waals surface area (Å²) in [4.78, 5) is 26.7. The average Bonchev–Trinajstić information content (AvgIpc) is 2.66. The van der Waals surface area contributed by atoms with Gasteiger partial charge in [-0.25, -0.2) is 0 Å². The molecule has 1 aliphatic rings. The number of hydrogen-bond acceptors (Lipinski definition) is 4. The van der Waals surface area contributed by atoms with Crippen LogP contribution in [0.4, 0.5) is 0 Å². The molecule has 1 N–H and O–H groups in total. The Bertz CT molecular complexity index is 867. The van der Waals surface area contributed by atoms with Gasteiger partial charge in [0.25, 0.3) is 11.5 Å². The number of para-hydroxylation sites is 1. The molecule has 1 saturated heterocycles. The summed E-state index contributed by atoms with van der Waals surface area (Å²) in [5, 5.41) is 3.74. The zero-order valence-electron chi connectivity index (χ0n) is 17.1. The van der Waals surface area contributed by atoms with E-state index in [9.17, 15) is 9.59 Å². The fraction of sp³-hybridized carbons (Fsp3) is 0.545. The monoisotopic (exact) mass is 385 g/mol. The highest BCUT2D eigenvalue weighted by Crippen LogP contribution is 2.23. The Kier molecular flexibility index (Phi) is 6.73. The minimum atomic E-state index is -0.162. The molecule has 1 amide bonds.